The largest absolute Gasteiger partial charge is 0.493 e. The van der Waals surface area contributed by atoms with Crippen LogP contribution in [-0.2, 0) is 11.4 Å². The first-order chi connectivity index (χ1) is 20.4. The van der Waals surface area contributed by atoms with Crippen LogP contribution in [0.2, 0.25) is 5.02 Å². The Hall–Kier alpha value is -4.73. The van der Waals surface area contributed by atoms with Crippen molar-refractivity contribution >= 4 is 28.2 Å². The number of hydroxylamine groups is 1. The topological polar surface area (TPSA) is 82.5 Å². The van der Waals surface area contributed by atoms with Gasteiger partial charge in [-0.3, -0.25) is 10.0 Å². The summed E-state index contributed by atoms with van der Waals surface area (Å²) in [6.45, 7) is 2.16. The van der Waals surface area contributed by atoms with Gasteiger partial charge < -0.3 is 14.2 Å². The second-order valence-corrected chi connectivity index (χ2v) is 9.81. The van der Waals surface area contributed by atoms with E-state index in [-0.39, 0.29) is 10.6 Å². The maximum Gasteiger partial charge on any atom is 0.244 e. The number of ether oxygens (including phenoxy) is 3. The van der Waals surface area contributed by atoms with E-state index in [1.165, 1.54) is 17.2 Å². The summed E-state index contributed by atoms with van der Waals surface area (Å²) in [4.78, 5) is 21.6. The molecule has 0 saturated heterocycles. The van der Waals surface area contributed by atoms with Gasteiger partial charge in [-0.1, -0.05) is 53.6 Å². The number of halogens is 2. The van der Waals surface area contributed by atoms with Crippen LogP contribution in [0, 0.1) is 17.6 Å². The maximum absolute atomic E-state index is 14.3. The Balaban J connectivity index is 1.35. The predicted molar refractivity (Wildman–Crippen MR) is 160 cm³/mol. The van der Waals surface area contributed by atoms with E-state index in [1.807, 2.05) is 36.4 Å². The Labute approximate surface area is 247 Å². The quantitative estimate of drug-likeness (QED) is 0.113. The van der Waals surface area contributed by atoms with Crippen molar-refractivity contribution in [2.75, 3.05) is 19.2 Å². The molecule has 1 atom stereocenters. The number of anilines is 1. The van der Waals surface area contributed by atoms with E-state index >= 15 is 0 Å². The molecular formula is C32H27ClFN3O5. The van der Waals surface area contributed by atoms with Gasteiger partial charge in [0.1, 0.15) is 23.9 Å². The molecule has 0 bridgehead atoms. The Morgan fingerprint density at radius 1 is 0.976 bits per heavy atom. The van der Waals surface area contributed by atoms with Crippen LogP contribution in [0.5, 0.6) is 23.0 Å². The van der Waals surface area contributed by atoms with Gasteiger partial charge >= 0.3 is 0 Å². The fourth-order valence-corrected chi connectivity index (χ4v) is 4.64. The van der Waals surface area contributed by atoms with Crippen molar-refractivity contribution in [3.63, 3.8) is 0 Å². The molecule has 8 nitrogen and oxygen atoms in total. The van der Waals surface area contributed by atoms with Crippen LogP contribution in [0.25, 0.3) is 10.9 Å². The molecule has 10 heteroatoms. The number of hydrogen-bond donors (Lipinski definition) is 0. The number of hydrogen-bond acceptors (Lipinski definition) is 8. The zero-order chi connectivity index (χ0) is 29.6. The van der Waals surface area contributed by atoms with Crippen molar-refractivity contribution in [3.8, 4) is 23.0 Å². The number of methoxy groups -OCH3 is 1. The number of pyridine rings is 1. The normalized spacial score (nSPS) is 11.6. The average Bonchev–Trinajstić information content (AvgIpc) is 3.00. The zero-order valence-electron chi connectivity index (χ0n) is 23.1. The summed E-state index contributed by atoms with van der Waals surface area (Å²) in [6.07, 6.45) is 0.237. The van der Waals surface area contributed by atoms with Crippen LogP contribution in [0.15, 0.2) is 96.3 Å². The van der Waals surface area contributed by atoms with Crippen LogP contribution in [0.3, 0.4) is 0 Å². The molecule has 1 aromatic heterocycles. The van der Waals surface area contributed by atoms with Crippen LogP contribution in [0.1, 0.15) is 22.9 Å². The van der Waals surface area contributed by atoms with E-state index in [0.717, 1.165) is 11.1 Å². The zero-order valence-corrected chi connectivity index (χ0v) is 23.8. The number of nitrogens with zero attached hydrogens (tertiary/aromatic N) is 3. The van der Waals surface area contributed by atoms with E-state index in [9.17, 15) is 9.30 Å². The first kappa shape index (κ1) is 28.8. The van der Waals surface area contributed by atoms with Crippen molar-refractivity contribution in [1.29, 1.82) is 0 Å². The van der Waals surface area contributed by atoms with Gasteiger partial charge in [-0.2, -0.15) is 0 Å². The molecule has 0 aliphatic heterocycles. The second kappa shape index (κ2) is 12.8. The van der Waals surface area contributed by atoms with Gasteiger partial charge in [0, 0.05) is 36.3 Å². The fourth-order valence-electron chi connectivity index (χ4n) is 4.35. The second-order valence-electron chi connectivity index (χ2n) is 9.40. The molecule has 0 amide bonds. The summed E-state index contributed by atoms with van der Waals surface area (Å²) in [5.41, 5.74) is 2.90. The van der Waals surface area contributed by atoms with Crippen molar-refractivity contribution in [1.82, 2.24) is 4.98 Å². The Morgan fingerprint density at radius 2 is 1.79 bits per heavy atom. The molecular weight excluding hydrogens is 561 g/mol. The van der Waals surface area contributed by atoms with Crippen LogP contribution < -0.4 is 19.3 Å². The number of nitroso groups, excluding NO2 is 1. The van der Waals surface area contributed by atoms with Crippen molar-refractivity contribution in [2.24, 2.45) is 5.18 Å². The highest BCUT2D eigenvalue weighted by Crippen LogP contribution is 2.39. The third kappa shape index (κ3) is 6.43. The highest BCUT2D eigenvalue weighted by atomic mass is 35.5. The molecule has 5 rings (SSSR count). The maximum atomic E-state index is 14.3. The molecule has 0 aliphatic carbocycles. The molecule has 0 aliphatic rings. The van der Waals surface area contributed by atoms with Gasteiger partial charge in [0.2, 0.25) is 6.23 Å². The van der Waals surface area contributed by atoms with Gasteiger partial charge in [0.05, 0.1) is 23.3 Å². The lowest BCUT2D eigenvalue weighted by Gasteiger charge is -2.23. The minimum absolute atomic E-state index is 0.0292. The highest BCUT2D eigenvalue weighted by Gasteiger charge is 2.22. The molecule has 0 radical (unpaired) electrons. The van der Waals surface area contributed by atoms with Crippen LogP contribution in [-0.4, -0.2) is 19.1 Å². The first-order valence-electron chi connectivity index (χ1n) is 13.0. The number of aryl methyl sites for hydroxylation is 1. The first-order valence-corrected chi connectivity index (χ1v) is 13.3. The predicted octanol–water partition coefficient (Wildman–Crippen LogP) is 8.55. The van der Waals surface area contributed by atoms with E-state index in [4.69, 9.17) is 30.6 Å². The Bertz CT molecular complexity index is 1720. The Morgan fingerprint density at radius 3 is 2.52 bits per heavy atom. The molecule has 1 unspecified atom stereocenters. The van der Waals surface area contributed by atoms with E-state index in [0.29, 0.717) is 46.2 Å². The van der Waals surface area contributed by atoms with Crippen molar-refractivity contribution in [3.05, 3.63) is 124 Å². The van der Waals surface area contributed by atoms with Gasteiger partial charge in [0.25, 0.3) is 0 Å². The van der Waals surface area contributed by atoms with E-state index in [1.54, 1.807) is 63.7 Å². The van der Waals surface area contributed by atoms with Gasteiger partial charge in [-0.05, 0) is 54.1 Å². The molecule has 0 spiro atoms. The monoisotopic (exact) mass is 587 g/mol. The van der Waals surface area contributed by atoms with Crippen LogP contribution in [0.4, 0.5) is 10.1 Å². The highest BCUT2D eigenvalue weighted by molar-refractivity contribution is 6.33. The summed E-state index contributed by atoms with van der Waals surface area (Å²) in [6, 6.07) is 24.5. The molecule has 42 heavy (non-hydrogen) atoms. The minimum Gasteiger partial charge on any atom is -0.493 e. The standard InChI is InChI=1S/C32H27ClFN3O5/c1-20-9-11-26(34)23(15-20)32(36-38)42-37(2)28-12-10-22(16-25(28)33)41-29-13-14-35-27-18-31(30(39-3)17-24(27)29)40-19-21-7-5-4-6-8-21/h4-18,32H,19H2,1-3H3. The van der Waals surface area contributed by atoms with Gasteiger partial charge in [-0.15, -0.1) is 4.91 Å². The molecule has 4 aromatic carbocycles. The third-order valence-electron chi connectivity index (χ3n) is 6.48. The summed E-state index contributed by atoms with van der Waals surface area (Å²) in [5.74, 6) is 1.48. The minimum atomic E-state index is -1.40. The van der Waals surface area contributed by atoms with Gasteiger partial charge in [-0.25, -0.2) is 9.23 Å². The summed E-state index contributed by atoms with van der Waals surface area (Å²) in [7, 11) is 3.12. The number of benzene rings is 4. The summed E-state index contributed by atoms with van der Waals surface area (Å²) < 4.78 is 32.1. The van der Waals surface area contributed by atoms with Gasteiger partial charge in [0.15, 0.2) is 11.5 Å². The SMILES string of the molecule is COc1cc2c(Oc3ccc(N(C)OC(N=O)c4cc(C)ccc4F)c(Cl)c3)ccnc2cc1OCc1ccccc1. The fraction of sp³-hybridized carbons (Fsp3) is 0.156. The van der Waals surface area contributed by atoms with Crippen molar-refractivity contribution in [2.45, 2.75) is 19.8 Å². The molecule has 0 N–H and O–H groups in total. The summed E-state index contributed by atoms with van der Waals surface area (Å²) >= 11 is 6.56. The van der Waals surface area contributed by atoms with E-state index < -0.39 is 12.0 Å². The number of rotatable bonds is 11. The number of aromatic nitrogens is 1. The Kier molecular flexibility index (Phi) is 8.80. The lowest BCUT2D eigenvalue weighted by Crippen LogP contribution is -2.21. The lowest BCUT2D eigenvalue weighted by atomic mass is 10.1. The summed E-state index contributed by atoms with van der Waals surface area (Å²) in [5, 5.41) is 5.21. The van der Waals surface area contributed by atoms with Crippen molar-refractivity contribution < 1.29 is 23.4 Å². The molecule has 214 valence electrons. The van der Waals surface area contributed by atoms with E-state index in [2.05, 4.69) is 10.2 Å². The smallest absolute Gasteiger partial charge is 0.244 e. The average molecular weight is 588 g/mol. The molecule has 1 heterocycles. The lowest BCUT2D eigenvalue weighted by molar-refractivity contribution is 0.0443. The molecule has 0 fully saturated rings. The molecule has 5 aromatic rings. The molecule has 0 saturated carbocycles. The van der Waals surface area contributed by atoms with Crippen LogP contribution >= 0.6 is 11.6 Å². The number of fused-ring (bicyclic) bond motifs is 1. The third-order valence-corrected chi connectivity index (χ3v) is 6.78.